The maximum Gasteiger partial charge on any atom is 0.267 e. The van der Waals surface area contributed by atoms with Crippen molar-refractivity contribution in [2.75, 3.05) is 23.4 Å². The van der Waals surface area contributed by atoms with Gasteiger partial charge in [-0.3, -0.25) is 18.9 Å². The number of thioether (sulfide) groups is 1. The fourth-order valence-electron chi connectivity index (χ4n) is 3.67. The smallest absolute Gasteiger partial charge is 0.267 e. The Kier molecular flexibility index (Phi) is 5.93. The van der Waals surface area contributed by atoms with Gasteiger partial charge < -0.3 is 5.32 Å². The summed E-state index contributed by atoms with van der Waals surface area (Å²) in [7, 11) is -3.16. The number of carbonyl (C=O) groups is 1. The number of hydrogen-bond acceptors (Lipinski definition) is 8. The number of nitrogens with zero attached hydrogens (tertiary/aromatic N) is 3. The van der Waals surface area contributed by atoms with E-state index in [-0.39, 0.29) is 28.5 Å². The Morgan fingerprint density at radius 2 is 2.13 bits per heavy atom. The average Bonchev–Trinajstić information content (AvgIpc) is 3.20. The van der Waals surface area contributed by atoms with Crippen LogP contribution in [0.25, 0.3) is 11.7 Å². The van der Waals surface area contributed by atoms with Gasteiger partial charge in [0, 0.05) is 12.7 Å². The van der Waals surface area contributed by atoms with Crippen LogP contribution in [-0.2, 0) is 14.6 Å². The lowest BCUT2D eigenvalue weighted by atomic mass is 10.2. The molecule has 0 bridgehead atoms. The highest BCUT2D eigenvalue weighted by atomic mass is 32.2. The first-order valence-electron chi connectivity index (χ1n) is 9.94. The Balaban J connectivity index is 1.77. The number of aromatic nitrogens is 2. The number of fused-ring (bicyclic) bond motifs is 1. The van der Waals surface area contributed by atoms with E-state index in [2.05, 4.69) is 10.3 Å². The number of amides is 1. The monoisotopic (exact) mass is 478 g/mol. The number of thiocarbonyl (C=S) groups is 1. The quantitative estimate of drug-likeness (QED) is 0.516. The lowest BCUT2D eigenvalue weighted by Gasteiger charge is -2.20. The molecule has 1 amide bonds. The minimum absolute atomic E-state index is 0.0498. The molecule has 4 heterocycles. The van der Waals surface area contributed by atoms with Crippen molar-refractivity contribution in [2.45, 2.75) is 32.7 Å². The molecule has 0 radical (unpaired) electrons. The fourth-order valence-corrected chi connectivity index (χ4v) is 6.75. The maximum atomic E-state index is 13.3. The molecule has 1 N–H and O–H groups in total. The maximum absolute atomic E-state index is 13.3. The second-order valence-corrected chi connectivity index (χ2v) is 11.6. The number of nitrogens with one attached hydrogen (secondary N) is 1. The Labute approximate surface area is 189 Å². The lowest BCUT2D eigenvalue weighted by molar-refractivity contribution is -0.123. The van der Waals surface area contributed by atoms with E-state index in [0.29, 0.717) is 33.7 Å². The van der Waals surface area contributed by atoms with Gasteiger partial charge in [0.05, 0.1) is 28.0 Å². The summed E-state index contributed by atoms with van der Waals surface area (Å²) in [5, 5.41) is 3.17. The largest absolute Gasteiger partial charge is 0.369 e. The topological polar surface area (TPSA) is 101 Å². The van der Waals surface area contributed by atoms with Crippen LogP contribution in [0.3, 0.4) is 0 Å². The summed E-state index contributed by atoms with van der Waals surface area (Å²) in [6.07, 6.45) is 4.43. The third-order valence-electron chi connectivity index (χ3n) is 5.22. The van der Waals surface area contributed by atoms with Crippen LogP contribution >= 0.6 is 24.0 Å². The van der Waals surface area contributed by atoms with Gasteiger partial charge in [-0.25, -0.2) is 13.4 Å². The van der Waals surface area contributed by atoms with Crippen LogP contribution in [0.5, 0.6) is 0 Å². The van der Waals surface area contributed by atoms with Gasteiger partial charge in [0.25, 0.3) is 11.5 Å². The third kappa shape index (κ3) is 4.26. The van der Waals surface area contributed by atoms with E-state index < -0.39 is 15.9 Å². The van der Waals surface area contributed by atoms with Crippen molar-refractivity contribution in [2.24, 2.45) is 0 Å². The van der Waals surface area contributed by atoms with Crippen LogP contribution < -0.4 is 10.9 Å². The van der Waals surface area contributed by atoms with Crippen molar-refractivity contribution in [3.05, 3.63) is 44.7 Å². The van der Waals surface area contributed by atoms with Gasteiger partial charge in [-0.2, -0.15) is 0 Å². The molecule has 2 saturated heterocycles. The normalized spacial score (nSPS) is 22.1. The summed E-state index contributed by atoms with van der Waals surface area (Å²) in [4.78, 5) is 32.6. The molecule has 0 aromatic carbocycles. The molecule has 2 aliphatic rings. The standard InChI is InChI=1S/C20H22N4O4S3/c1-3-7-21-17-14(18(25)23-10-12(2)4-5-16(23)22-17)9-15-19(26)24(20(29)30-15)13-6-8-31(27,28)11-13/h4-5,9-10,13,21H,3,6-8,11H2,1-2H3/b15-9+. The molecule has 0 aliphatic carbocycles. The number of anilines is 1. The number of aryl methyl sites for hydroxylation is 1. The van der Waals surface area contributed by atoms with Crippen molar-refractivity contribution < 1.29 is 13.2 Å². The second kappa shape index (κ2) is 8.36. The summed E-state index contributed by atoms with van der Waals surface area (Å²) >= 11 is 6.45. The Bertz CT molecular complexity index is 1280. The molecule has 8 nitrogen and oxygen atoms in total. The number of sulfone groups is 1. The molecule has 164 valence electrons. The Hall–Kier alpha value is -2.24. The molecule has 1 unspecified atom stereocenters. The minimum Gasteiger partial charge on any atom is -0.369 e. The zero-order valence-corrected chi connectivity index (χ0v) is 19.6. The molecule has 2 aromatic rings. The first-order chi connectivity index (χ1) is 14.7. The first kappa shape index (κ1) is 22.0. The minimum atomic E-state index is -3.16. The molecule has 2 fully saturated rings. The number of carbonyl (C=O) groups excluding carboxylic acids is 1. The molecule has 0 spiro atoms. The summed E-state index contributed by atoms with van der Waals surface area (Å²) in [6, 6.07) is 3.20. The van der Waals surface area contributed by atoms with Crippen molar-refractivity contribution in [3.63, 3.8) is 0 Å². The molecule has 11 heteroatoms. The summed E-state index contributed by atoms with van der Waals surface area (Å²) in [6.45, 7) is 4.51. The summed E-state index contributed by atoms with van der Waals surface area (Å²) in [5.41, 5.74) is 1.40. The zero-order chi connectivity index (χ0) is 22.3. The number of pyridine rings is 1. The highest BCUT2D eigenvalue weighted by Gasteiger charge is 2.42. The van der Waals surface area contributed by atoms with E-state index in [4.69, 9.17) is 12.2 Å². The van der Waals surface area contributed by atoms with Gasteiger partial charge in [-0.15, -0.1) is 0 Å². The molecule has 4 rings (SSSR count). The second-order valence-electron chi connectivity index (χ2n) is 7.65. The van der Waals surface area contributed by atoms with Gasteiger partial charge in [0.1, 0.15) is 15.8 Å². The van der Waals surface area contributed by atoms with E-state index >= 15 is 0 Å². The average molecular weight is 479 g/mol. The summed E-state index contributed by atoms with van der Waals surface area (Å²) in [5.74, 6) is 0.000556. The molecule has 1 atom stereocenters. The van der Waals surface area contributed by atoms with Crippen LogP contribution in [-0.4, -0.2) is 57.0 Å². The van der Waals surface area contributed by atoms with Crippen LogP contribution in [0, 0.1) is 6.92 Å². The molecule has 31 heavy (non-hydrogen) atoms. The molecular formula is C20H22N4O4S3. The number of hydrogen-bond donors (Lipinski definition) is 1. The van der Waals surface area contributed by atoms with Gasteiger partial charge in [-0.1, -0.05) is 37.0 Å². The highest BCUT2D eigenvalue weighted by molar-refractivity contribution is 8.26. The Morgan fingerprint density at radius 3 is 2.81 bits per heavy atom. The Morgan fingerprint density at radius 1 is 1.35 bits per heavy atom. The van der Waals surface area contributed by atoms with Gasteiger partial charge >= 0.3 is 0 Å². The van der Waals surface area contributed by atoms with Gasteiger partial charge in [0.2, 0.25) is 0 Å². The highest BCUT2D eigenvalue weighted by Crippen LogP contribution is 2.36. The van der Waals surface area contributed by atoms with Crippen LogP contribution in [0.1, 0.15) is 30.9 Å². The SMILES string of the molecule is CCCNc1nc2ccc(C)cn2c(=O)c1/C=C1/SC(=S)N(C2CCS(=O)(=O)C2)C1=O. The predicted molar refractivity (Wildman–Crippen MR) is 127 cm³/mol. The van der Waals surface area contributed by atoms with Crippen molar-refractivity contribution in [1.29, 1.82) is 0 Å². The van der Waals surface area contributed by atoms with Crippen LogP contribution in [0.2, 0.25) is 0 Å². The van der Waals surface area contributed by atoms with Crippen molar-refractivity contribution >= 4 is 61.6 Å². The van der Waals surface area contributed by atoms with Crippen molar-refractivity contribution in [1.82, 2.24) is 14.3 Å². The van der Waals surface area contributed by atoms with Gasteiger partial charge in [0.15, 0.2) is 9.84 Å². The van der Waals surface area contributed by atoms with Crippen molar-refractivity contribution in [3.8, 4) is 0 Å². The summed E-state index contributed by atoms with van der Waals surface area (Å²) < 4.78 is 25.5. The van der Waals surface area contributed by atoms with Gasteiger partial charge in [-0.05, 0) is 37.5 Å². The van der Waals surface area contributed by atoms with Crippen LogP contribution in [0.4, 0.5) is 5.82 Å². The van der Waals surface area contributed by atoms with E-state index in [1.54, 1.807) is 12.3 Å². The van der Waals surface area contributed by atoms with E-state index in [1.807, 2.05) is 19.9 Å². The molecular weight excluding hydrogens is 456 g/mol. The predicted octanol–water partition coefficient (Wildman–Crippen LogP) is 2.21. The van der Waals surface area contributed by atoms with E-state index in [0.717, 1.165) is 23.7 Å². The molecule has 2 aliphatic heterocycles. The zero-order valence-electron chi connectivity index (χ0n) is 17.1. The fraction of sp³-hybridized carbons (Fsp3) is 0.400. The third-order valence-corrected chi connectivity index (χ3v) is 8.30. The first-order valence-corrected chi connectivity index (χ1v) is 13.0. The van der Waals surface area contributed by atoms with E-state index in [1.165, 1.54) is 15.4 Å². The lowest BCUT2D eigenvalue weighted by Crippen LogP contribution is -2.39. The van der Waals surface area contributed by atoms with Crippen LogP contribution in [0.15, 0.2) is 28.0 Å². The van der Waals surface area contributed by atoms with E-state index in [9.17, 15) is 18.0 Å². The molecule has 2 aromatic heterocycles. The number of rotatable bonds is 5. The molecule has 0 saturated carbocycles.